The third kappa shape index (κ3) is 3.93. The van der Waals surface area contributed by atoms with Gasteiger partial charge >= 0.3 is 0 Å². The number of nitrogens with one attached hydrogen (secondary N) is 2. The van der Waals surface area contributed by atoms with E-state index in [2.05, 4.69) is 31.7 Å². The van der Waals surface area contributed by atoms with Crippen molar-refractivity contribution in [1.29, 1.82) is 0 Å². The molecular weight excluding hydrogens is 358 g/mol. The lowest BCUT2D eigenvalue weighted by Gasteiger charge is -2.16. The molecule has 1 aromatic heterocycles. The van der Waals surface area contributed by atoms with Crippen molar-refractivity contribution in [3.8, 4) is 0 Å². The van der Waals surface area contributed by atoms with Gasteiger partial charge in [-0.15, -0.1) is 0 Å². The van der Waals surface area contributed by atoms with Crippen molar-refractivity contribution in [2.45, 2.75) is 17.8 Å². The van der Waals surface area contributed by atoms with E-state index < -0.39 is 0 Å². The largest absolute Gasteiger partial charge is 0.357 e. The number of carbonyl (C=O) groups excluding carboxylic acids is 1. The number of anilines is 1. The van der Waals surface area contributed by atoms with Crippen LogP contribution in [0.15, 0.2) is 65.8 Å². The van der Waals surface area contributed by atoms with Crippen molar-refractivity contribution in [2.24, 2.45) is 4.99 Å². The number of aliphatic imine (C=N–C) groups is 1. The molecule has 0 spiro atoms. The maximum atomic E-state index is 12.5. The fraction of sp³-hybridized carbons (Fsp3) is 0.200. The molecule has 136 valence electrons. The molecule has 2 aromatic rings. The lowest BCUT2D eigenvalue weighted by atomic mass is 10.0. The number of allylic oxidation sites excluding steroid dienone is 2. The van der Waals surface area contributed by atoms with Gasteiger partial charge in [0.1, 0.15) is 0 Å². The Morgan fingerprint density at radius 1 is 1.22 bits per heavy atom. The molecule has 0 bridgehead atoms. The summed E-state index contributed by atoms with van der Waals surface area (Å²) < 4.78 is 0. The van der Waals surface area contributed by atoms with Crippen LogP contribution in [0.2, 0.25) is 0 Å². The van der Waals surface area contributed by atoms with Gasteiger partial charge in [0.15, 0.2) is 5.04 Å². The van der Waals surface area contributed by atoms with Crippen molar-refractivity contribution in [3.63, 3.8) is 0 Å². The average molecular weight is 377 g/mol. The Bertz CT molecular complexity index is 938. The number of hydrogen-bond donors (Lipinski definition) is 2. The number of benzene rings is 1. The SMILES string of the molecule is CNc1nccc(C2=CC3SC(C(=O)NCc4ccccc4)=NC3C=C2)n1. The summed E-state index contributed by atoms with van der Waals surface area (Å²) in [6, 6.07) is 11.7. The Hall–Kier alpha value is -2.93. The van der Waals surface area contributed by atoms with Gasteiger partial charge in [-0.25, -0.2) is 9.97 Å². The molecule has 2 N–H and O–H groups in total. The first-order valence-electron chi connectivity index (χ1n) is 8.71. The molecule has 27 heavy (non-hydrogen) atoms. The van der Waals surface area contributed by atoms with E-state index in [1.54, 1.807) is 13.2 Å². The fourth-order valence-electron chi connectivity index (χ4n) is 2.93. The molecule has 1 aromatic carbocycles. The predicted octanol–water partition coefficient (Wildman–Crippen LogP) is 2.67. The minimum atomic E-state index is -0.124. The molecule has 2 aliphatic rings. The van der Waals surface area contributed by atoms with Crippen LogP contribution in [0.3, 0.4) is 0 Å². The van der Waals surface area contributed by atoms with Gasteiger partial charge in [0.25, 0.3) is 5.91 Å². The monoisotopic (exact) mass is 377 g/mol. The molecule has 0 saturated heterocycles. The van der Waals surface area contributed by atoms with Gasteiger partial charge in [0, 0.05) is 19.8 Å². The average Bonchev–Trinajstić information content (AvgIpc) is 3.16. The number of thioether (sulfide) groups is 1. The van der Waals surface area contributed by atoms with Crippen molar-refractivity contribution in [1.82, 2.24) is 15.3 Å². The van der Waals surface area contributed by atoms with Crippen LogP contribution in [0.25, 0.3) is 5.57 Å². The molecule has 0 radical (unpaired) electrons. The summed E-state index contributed by atoms with van der Waals surface area (Å²) in [5.41, 5.74) is 2.94. The van der Waals surface area contributed by atoms with Crippen molar-refractivity contribution in [2.75, 3.05) is 12.4 Å². The quantitative estimate of drug-likeness (QED) is 0.837. The lowest BCUT2D eigenvalue weighted by Crippen LogP contribution is -2.28. The molecule has 1 amide bonds. The molecule has 6 nitrogen and oxygen atoms in total. The number of carbonyl (C=O) groups is 1. The van der Waals surface area contributed by atoms with E-state index in [9.17, 15) is 4.79 Å². The van der Waals surface area contributed by atoms with Gasteiger partial charge in [-0.1, -0.05) is 60.3 Å². The molecule has 4 rings (SSSR count). The second-order valence-electron chi connectivity index (χ2n) is 6.17. The highest BCUT2D eigenvalue weighted by molar-refractivity contribution is 8.16. The smallest absolute Gasteiger partial charge is 0.276 e. The summed E-state index contributed by atoms with van der Waals surface area (Å²) in [5, 5.41) is 6.53. The van der Waals surface area contributed by atoms with Crippen molar-refractivity contribution >= 4 is 34.2 Å². The second-order valence-corrected chi connectivity index (χ2v) is 7.34. The number of amides is 1. The summed E-state index contributed by atoms with van der Waals surface area (Å²) in [4.78, 5) is 25.7. The van der Waals surface area contributed by atoms with Crippen LogP contribution in [0, 0.1) is 0 Å². The van der Waals surface area contributed by atoms with Gasteiger partial charge < -0.3 is 10.6 Å². The molecule has 1 aliphatic carbocycles. The summed E-state index contributed by atoms with van der Waals surface area (Å²) in [6.45, 7) is 0.499. The summed E-state index contributed by atoms with van der Waals surface area (Å²) in [5.74, 6) is 0.460. The highest BCUT2D eigenvalue weighted by Crippen LogP contribution is 2.35. The summed E-state index contributed by atoms with van der Waals surface area (Å²) in [6.07, 6.45) is 7.90. The van der Waals surface area contributed by atoms with Gasteiger partial charge in [-0.05, 0) is 17.2 Å². The maximum absolute atomic E-state index is 12.5. The predicted molar refractivity (Wildman–Crippen MR) is 110 cm³/mol. The molecule has 1 aliphatic heterocycles. The normalized spacial score (nSPS) is 20.5. The van der Waals surface area contributed by atoms with Crippen molar-refractivity contribution in [3.05, 3.63) is 72.1 Å². The topological polar surface area (TPSA) is 79.3 Å². The van der Waals surface area contributed by atoms with E-state index in [4.69, 9.17) is 0 Å². The Morgan fingerprint density at radius 3 is 2.89 bits per heavy atom. The van der Waals surface area contributed by atoms with Gasteiger partial charge in [-0.2, -0.15) is 0 Å². The first kappa shape index (κ1) is 17.5. The number of fused-ring (bicyclic) bond motifs is 1. The van der Waals surface area contributed by atoms with Crippen LogP contribution >= 0.6 is 11.8 Å². The third-order valence-corrected chi connectivity index (χ3v) is 5.53. The number of aromatic nitrogens is 2. The Balaban J connectivity index is 1.42. The van der Waals surface area contributed by atoms with E-state index in [1.807, 2.05) is 48.6 Å². The standard InChI is InChI=1S/C20H19N5OS/c1-21-20-22-10-9-15(25-20)14-7-8-16-17(11-14)27-19(24-16)18(26)23-12-13-5-3-2-4-6-13/h2-11,16-17H,12H2,1H3,(H,23,26)(H,21,22,25). The van der Waals surface area contributed by atoms with E-state index >= 15 is 0 Å². The molecule has 0 saturated carbocycles. The first-order chi connectivity index (χ1) is 13.2. The third-order valence-electron chi connectivity index (χ3n) is 4.33. The Morgan fingerprint density at radius 2 is 2.07 bits per heavy atom. The Kier molecular flexibility index (Phi) is 5.02. The van der Waals surface area contributed by atoms with Gasteiger partial charge in [-0.3, -0.25) is 9.79 Å². The van der Waals surface area contributed by atoms with Crippen LogP contribution in [-0.4, -0.2) is 39.3 Å². The molecule has 0 fully saturated rings. The van der Waals surface area contributed by atoms with Crippen LogP contribution in [0.4, 0.5) is 5.95 Å². The zero-order valence-corrected chi connectivity index (χ0v) is 15.6. The van der Waals surface area contributed by atoms with Crippen LogP contribution in [0.1, 0.15) is 11.3 Å². The van der Waals surface area contributed by atoms with E-state index in [0.29, 0.717) is 17.5 Å². The maximum Gasteiger partial charge on any atom is 0.276 e. The zero-order valence-electron chi connectivity index (χ0n) is 14.8. The van der Waals surface area contributed by atoms with Crippen LogP contribution < -0.4 is 10.6 Å². The van der Waals surface area contributed by atoms with Gasteiger partial charge in [0.05, 0.1) is 17.0 Å². The van der Waals surface area contributed by atoms with E-state index in [1.165, 1.54) is 11.8 Å². The minimum Gasteiger partial charge on any atom is -0.357 e. The number of hydrogen-bond acceptors (Lipinski definition) is 6. The summed E-state index contributed by atoms with van der Waals surface area (Å²) >= 11 is 1.50. The second kappa shape index (κ2) is 7.75. The molecule has 7 heteroatoms. The van der Waals surface area contributed by atoms with E-state index in [-0.39, 0.29) is 17.2 Å². The lowest BCUT2D eigenvalue weighted by molar-refractivity contribution is -0.114. The van der Waals surface area contributed by atoms with Crippen LogP contribution in [0.5, 0.6) is 0 Å². The minimum absolute atomic E-state index is 0.0122. The number of nitrogens with zero attached hydrogens (tertiary/aromatic N) is 3. The van der Waals surface area contributed by atoms with Crippen LogP contribution in [-0.2, 0) is 11.3 Å². The Labute approximate surface area is 161 Å². The van der Waals surface area contributed by atoms with E-state index in [0.717, 1.165) is 16.8 Å². The molecule has 2 atom stereocenters. The summed E-state index contributed by atoms with van der Waals surface area (Å²) in [7, 11) is 1.79. The highest BCUT2D eigenvalue weighted by Gasteiger charge is 2.32. The highest BCUT2D eigenvalue weighted by atomic mass is 32.2. The van der Waals surface area contributed by atoms with Gasteiger partial charge in [0.2, 0.25) is 5.95 Å². The molecule has 2 heterocycles. The van der Waals surface area contributed by atoms with Crippen molar-refractivity contribution < 1.29 is 4.79 Å². The molecular formula is C20H19N5OS. The first-order valence-corrected chi connectivity index (χ1v) is 9.58. The number of rotatable bonds is 5. The fourth-order valence-corrected chi connectivity index (χ4v) is 4.06. The zero-order chi connectivity index (χ0) is 18.6. The molecule has 2 unspecified atom stereocenters.